The zero-order chi connectivity index (χ0) is 12.0. The SMILES string of the molecule is CCC(=Cc1ccc(F)cc1)CNC(C)C. The Labute approximate surface area is 97.4 Å². The summed E-state index contributed by atoms with van der Waals surface area (Å²) in [6.07, 6.45) is 3.13. The van der Waals surface area contributed by atoms with Gasteiger partial charge in [-0.1, -0.05) is 44.6 Å². The highest BCUT2D eigenvalue weighted by Crippen LogP contribution is 2.10. The van der Waals surface area contributed by atoms with Crippen LogP contribution in [0.2, 0.25) is 0 Å². The molecule has 1 N–H and O–H groups in total. The molecule has 0 saturated heterocycles. The molecule has 0 aliphatic carbocycles. The molecule has 0 aliphatic rings. The molecular weight excluding hydrogens is 201 g/mol. The van der Waals surface area contributed by atoms with Gasteiger partial charge in [0.05, 0.1) is 0 Å². The zero-order valence-corrected chi connectivity index (χ0v) is 10.3. The van der Waals surface area contributed by atoms with E-state index in [1.54, 1.807) is 12.1 Å². The molecule has 1 rings (SSSR count). The van der Waals surface area contributed by atoms with Gasteiger partial charge in [0.2, 0.25) is 0 Å². The van der Waals surface area contributed by atoms with Crippen molar-refractivity contribution in [2.45, 2.75) is 33.2 Å². The van der Waals surface area contributed by atoms with Gasteiger partial charge in [-0.15, -0.1) is 0 Å². The van der Waals surface area contributed by atoms with Crippen molar-refractivity contribution < 1.29 is 4.39 Å². The first-order valence-electron chi connectivity index (χ1n) is 5.80. The normalized spacial score (nSPS) is 12.2. The quantitative estimate of drug-likeness (QED) is 0.800. The van der Waals surface area contributed by atoms with Crippen LogP contribution < -0.4 is 5.32 Å². The maximum Gasteiger partial charge on any atom is 0.123 e. The van der Waals surface area contributed by atoms with Crippen molar-refractivity contribution in [2.24, 2.45) is 0 Å². The Bertz CT molecular complexity index is 338. The van der Waals surface area contributed by atoms with E-state index in [9.17, 15) is 4.39 Å². The third-order valence-electron chi connectivity index (χ3n) is 2.43. The van der Waals surface area contributed by atoms with Gasteiger partial charge in [0.25, 0.3) is 0 Å². The summed E-state index contributed by atoms with van der Waals surface area (Å²) in [6.45, 7) is 7.29. The van der Waals surface area contributed by atoms with Gasteiger partial charge in [-0.3, -0.25) is 0 Å². The van der Waals surface area contributed by atoms with E-state index in [2.05, 4.69) is 32.2 Å². The van der Waals surface area contributed by atoms with Crippen LogP contribution in [0, 0.1) is 5.82 Å². The smallest absolute Gasteiger partial charge is 0.123 e. The monoisotopic (exact) mass is 221 g/mol. The second kappa shape index (κ2) is 6.44. The zero-order valence-electron chi connectivity index (χ0n) is 10.3. The molecule has 1 nitrogen and oxygen atoms in total. The van der Waals surface area contributed by atoms with Crippen LogP contribution in [-0.2, 0) is 0 Å². The number of nitrogens with one attached hydrogen (secondary N) is 1. The Morgan fingerprint density at radius 2 is 1.94 bits per heavy atom. The fourth-order valence-corrected chi connectivity index (χ4v) is 1.41. The molecule has 0 saturated carbocycles. The summed E-state index contributed by atoms with van der Waals surface area (Å²) < 4.78 is 12.7. The average Bonchev–Trinajstić information content (AvgIpc) is 2.26. The molecule has 0 amide bonds. The summed E-state index contributed by atoms with van der Waals surface area (Å²) in [5.74, 6) is -0.185. The molecule has 0 bridgehead atoms. The lowest BCUT2D eigenvalue weighted by Gasteiger charge is -2.10. The number of rotatable bonds is 5. The Morgan fingerprint density at radius 1 is 1.31 bits per heavy atom. The summed E-state index contributed by atoms with van der Waals surface area (Å²) >= 11 is 0. The number of hydrogen-bond acceptors (Lipinski definition) is 1. The van der Waals surface area contributed by atoms with Gasteiger partial charge < -0.3 is 5.32 Å². The van der Waals surface area contributed by atoms with E-state index in [-0.39, 0.29) is 5.82 Å². The molecule has 0 unspecified atom stereocenters. The Hall–Kier alpha value is -1.15. The van der Waals surface area contributed by atoms with Crippen LogP contribution in [0.4, 0.5) is 4.39 Å². The number of halogens is 1. The fourth-order valence-electron chi connectivity index (χ4n) is 1.41. The molecule has 0 fully saturated rings. The standard InChI is InChI=1S/C14H20FN/c1-4-12(10-16-11(2)3)9-13-5-7-14(15)8-6-13/h5-9,11,16H,4,10H2,1-3H3. The molecule has 2 heteroatoms. The van der Waals surface area contributed by atoms with Gasteiger partial charge in [0.15, 0.2) is 0 Å². The lowest BCUT2D eigenvalue weighted by atomic mass is 10.1. The molecule has 0 aliphatic heterocycles. The summed E-state index contributed by atoms with van der Waals surface area (Å²) in [6, 6.07) is 7.09. The van der Waals surface area contributed by atoms with Crippen LogP contribution in [0.5, 0.6) is 0 Å². The second-order valence-corrected chi connectivity index (χ2v) is 4.24. The minimum absolute atomic E-state index is 0.185. The van der Waals surface area contributed by atoms with Gasteiger partial charge in [0.1, 0.15) is 5.82 Å². The van der Waals surface area contributed by atoms with Crippen molar-refractivity contribution in [3.05, 3.63) is 41.2 Å². The van der Waals surface area contributed by atoms with E-state index in [0.717, 1.165) is 18.5 Å². The molecule has 0 atom stereocenters. The molecule has 1 aromatic rings. The first-order valence-corrected chi connectivity index (χ1v) is 5.80. The fraction of sp³-hybridized carbons (Fsp3) is 0.429. The van der Waals surface area contributed by atoms with Gasteiger partial charge in [-0.2, -0.15) is 0 Å². The number of hydrogen-bond donors (Lipinski definition) is 1. The van der Waals surface area contributed by atoms with Crippen molar-refractivity contribution >= 4 is 6.08 Å². The molecule has 0 aromatic heterocycles. The third-order valence-corrected chi connectivity index (χ3v) is 2.43. The summed E-state index contributed by atoms with van der Waals surface area (Å²) in [4.78, 5) is 0. The average molecular weight is 221 g/mol. The van der Waals surface area contributed by atoms with Crippen LogP contribution in [0.25, 0.3) is 6.08 Å². The Morgan fingerprint density at radius 3 is 2.44 bits per heavy atom. The predicted molar refractivity (Wildman–Crippen MR) is 67.8 cm³/mol. The van der Waals surface area contributed by atoms with E-state index >= 15 is 0 Å². The van der Waals surface area contributed by atoms with Crippen LogP contribution in [0.3, 0.4) is 0 Å². The minimum Gasteiger partial charge on any atom is -0.311 e. The van der Waals surface area contributed by atoms with Crippen LogP contribution in [0.1, 0.15) is 32.8 Å². The molecule has 16 heavy (non-hydrogen) atoms. The lowest BCUT2D eigenvalue weighted by Crippen LogP contribution is -2.24. The van der Waals surface area contributed by atoms with Crippen molar-refractivity contribution in [3.63, 3.8) is 0 Å². The maximum atomic E-state index is 12.7. The Balaban J connectivity index is 2.67. The van der Waals surface area contributed by atoms with E-state index in [1.165, 1.54) is 17.7 Å². The van der Waals surface area contributed by atoms with Crippen molar-refractivity contribution in [2.75, 3.05) is 6.54 Å². The predicted octanol–water partition coefficient (Wildman–Crippen LogP) is 3.62. The molecule has 0 heterocycles. The van der Waals surface area contributed by atoms with Crippen LogP contribution >= 0.6 is 0 Å². The van der Waals surface area contributed by atoms with E-state index in [1.807, 2.05) is 0 Å². The van der Waals surface area contributed by atoms with Crippen molar-refractivity contribution in [3.8, 4) is 0 Å². The Kier molecular flexibility index (Phi) is 5.20. The minimum atomic E-state index is -0.185. The molecule has 88 valence electrons. The first-order chi connectivity index (χ1) is 7.61. The van der Waals surface area contributed by atoms with Gasteiger partial charge in [-0.25, -0.2) is 4.39 Å². The van der Waals surface area contributed by atoms with E-state index < -0.39 is 0 Å². The molecule has 0 spiro atoms. The highest BCUT2D eigenvalue weighted by molar-refractivity contribution is 5.53. The summed E-state index contributed by atoms with van der Waals surface area (Å²) in [5.41, 5.74) is 2.39. The number of benzene rings is 1. The maximum absolute atomic E-state index is 12.7. The third kappa shape index (κ3) is 4.58. The van der Waals surface area contributed by atoms with E-state index in [0.29, 0.717) is 6.04 Å². The first kappa shape index (κ1) is 12.9. The van der Waals surface area contributed by atoms with Gasteiger partial charge in [0, 0.05) is 12.6 Å². The van der Waals surface area contributed by atoms with Crippen molar-refractivity contribution in [1.82, 2.24) is 5.32 Å². The highest BCUT2D eigenvalue weighted by Gasteiger charge is 1.98. The summed E-state index contributed by atoms with van der Waals surface area (Å²) in [7, 11) is 0. The lowest BCUT2D eigenvalue weighted by molar-refractivity contribution is 0.617. The molecule has 1 aromatic carbocycles. The van der Waals surface area contributed by atoms with Crippen LogP contribution in [0.15, 0.2) is 29.8 Å². The van der Waals surface area contributed by atoms with Crippen LogP contribution in [-0.4, -0.2) is 12.6 Å². The van der Waals surface area contributed by atoms with E-state index in [4.69, 9.17) is 0 Å². The van der Waals surface area contributed by atoms with Crippen molar-refractivity contribution in [1.29, 1.82) is 0 Å². The van der Waals surface area contributed by atoms with Gasteiger partial charge >= 0.3 is 0 Å². The topological polar surface area (TPSA) is 12.0 Å². The molecular formula is C14H20FN. The second-order valence-electron chi connectivity index (χ2n) is 4.24. The molecule has 0 radical (unpaired) electrons. The van der Waals surface area contributed by atoms with Gasteiger partial charge in [-0.05, 0) is 24.1 Å². The largest absolute Gasteiger partial charge is 0.311 e. The highest BCUT2D eigenvalue weighted by atomic mass is 19.1. The summed E-state index contributed by atoms with van der Waals surface area (Å²) in [5, 5.41) is 3.39.